The van der Waals surface area contributed by atoms with E-state index in [1.165, 1.54) is 6.20 Å². The molecule has 2 aromatic heterocycles. The van der Waals surface area contributed by atoms with E-state index in [4.69, 9.17) is 5.73 Å². The molecule has 0 fully saturated rings. The van der Waals surface area contributed by atoms with Gasteiger partial charge in [-0.25, -0.2) is 0 Å². The Hall–Kier alpha value is -2.17. The lowest BCUT2D eigenvalue weighted by atomic mass is 10.1. The molecule has 2 aromatic rings. The van der Waals surface area contributed by atoms with Gasteiger partial charge >= 0.3 is 0 Å². The Balaban J connectivity index is 2.39. The predicted molar refractivity (Wildman–Crippen MR) is 50.7 cm³/mol. The average molecular weight is 188 g/mol. The number of nitrogen functional groups attached to an aromatic ring is 1. The number of nitrogens with one attached hydrogen (secondary N) is 1. The molecule has 0 saturated carbocycles. The van der Waals surface area contributed by atoms with Crippen LogP contribution in [-0.4, -0.2) is 21.0 Å². The number of aromatic nitrogens is 3. The Morgan fingerprint density at radius 1 is 1.43 bits per heavy atom. The quantitative estimate of drug-likeness (QED) is 0.676. The van der Waals surface area contributed by atoms with Crippen LogP contribution in [0, 0.1) is 0 Å². The highest BCUT2D eigenvalue weighted by Gasteiger charge is 2.14. The van der Waals surface area contributed by atoms with E-state index >= 15 is 0 Å². The molecule has 0 unspecified atom stereocenters. The number of nitrogens with zero attached hydrogens (tertiary/aromatic N) is 2. The Labute approximate surface area is 80.0 Å². The number of carbonyl (C=O) groups excluding carboxylic acids is 1. The van der Waals surface area contributed by atoms with E-state index in [2.05, 4.69) is 15.2 Å². The minimum Gasteiger partial charge on any atom is -0.382 e. The number of hydrogen-bond acceptors (Lipinski definition) is 4. The molecular weight excluding hydrogens is 180 g/mol. The van der Waals surface area contributed by atoms with Crippen molar-refractivity contribution in [1.82, 2.24) is 15.2 Å². The largest absolute Gasteiger partial charge is 0.382 e. The van der Waals surface area contributed by atoms with Gasteiger partial charge in [0, 0.05) is 12.4 Å². The van der Waals surface area contributed by atoms with Crippen LogP contribution in [0.2, 0.25) is 0 Å². The number of rotatable bonds is 2. The summed E-state index contributed by atoms with van der Waals surface area (Å²) in [5.41, 5.74) is 6.20. The molecule has 2 heterocycles. The second-order valence-corrected chi connectivity index (χ2v) is 2.73. The number of anilines is 1. The van der Waals surface area contributed by atoms with E-state index in [9.17, 15) is 4.79 Å². The molecule has 0 aliphatic carbocycles. The summed E-state index contributed by atoms with van der Waals surface area (Å²) < 4.78 is 0. The van der Waals surface area contributed by atoms with Crippen LogP contribution in [0.1, 0.15) is 16.1 Å². The molecule has 0 aliphatic rings. The summed E-state index contributed by atoms with van der Waals surface area (Å²) in [5.74, 6) is -0.0301. The Bertz CT molecular complexity index is 449. The number of ketones is 1. The zero-order chi connectivity index (χ0) is 9.97. The second-order valence-electron chi connectivity index (χ2n) is 2.73. The van der Waals surface area contributed by atoms with Crippen LogP contribution in [-0.2, 0) is 0 Å². The van der Waals surface area contributed by atoms with Crippen molar-refractivity contribution >= 4 is 11.6 Å². The highest BCUT2D eigenvalue weighted by atomic mass is 16.1. The van der Waals surface area contributed by atoms with Gasteiger partial charge in [0.2, 0.25) is 5.78 Å². The van der Waals surface area contributed by atoms with Crippen molar-refractivity contribution in [3.05, 3.63) is 41.9 Å². The van der Waals surface area contributed by atoms with Gasteiger partial charge in [-0.2, -0.15) is 5.10 Å². The van der Waals surface area contributed by atoms with Crippen LogP contribution in [0.25, 0.3) is 0 Å². The van der Waals surface area contributed by atoms with Gasteiger partial charge in [0.1, 0.15) is 5.69 Å². The van der Waals surface area contributed by atoms with E-state index < -0.39 is 0 Å². The summed E-state index contributed by atoms with van der Waals surface area (Å²) in [5, 5.41) is 6.19. The first kappa shape index (κ1) is 8.43. The fraction of sp³-hybridized carbons (Fsp3) is 0. The van der Waals surface area contributed by atoms with Gasteiger partial charge in [-0.15, -0.1) is 0 Å². The lowest BCUT2D eigenvalue weighted by Crippen LogP contribution is -2.05. The van der Waals surface area contributed by atoms with Gasteiger partial charge in [-0.3, -0.25) is 14.9 Å². The molecule has 0 atom stereocenters. The van der Waals surface area contributed by atoms with Crippen LogP contribution in [0.3, 0.4) is 0 Å². The van der Waals surface area contributed by atoms with E-state index in [1.807, 2.05) is 0 Å². The third kappa shape index (κ3) is 1.35. The van der Waals surface area contributed by atoms with Crippen LogP contribution < -0.4 is 5.73 Å². The lowest BCUT2D eigenvalue weighted by Gasteiger charge is -1.96. The summed E-state index contributed by atoms with van der Waals surface area (Å²) in [6.45, 7) is 0. The highest BCUT2D eigenvalue weighted by Crippen LogP contribution is 2.11. The number of aromatic amines is 1. The summed E-state index contributed by atoms with van der Waals surface area (Å²) >= 11 is 0. The summed E-state index contributed by atoms with van der Waals surface area (Å²) in [4.78, 5) is 15.7. The minimum absolute atomic E-state index is 0.195. The maximum Gasteiger partial charge on any atom is 0.216 e. The molecule has 70 valence electrons. The first-order valence-electron chi connectivity index (χ1n) is 4.04. The topological polar surface area (TPSA) is 84.7 Å². The van der Waals surface area contributed by atoms with Crippen molar-refractivity contribution in [1.29, 1.82) is 0 Å². The van der Waals surface area contributed by atoms with Crippen LogP contribution in [0.5, 0.6) is 0 Å². The monoisotopic (exact) mass is 188 g/mol. The van der Waals surface area contributed by atoms with Gasteiger partial charge in [0.15, 0.2) is 5.82 Å². The van der Waals surface area contributed by atoms with Gasteiger partial charge in [0.05, 0.1) is 5.56 Å². The smallest absolute Gasteiger partial charge is 0.216 e. The van der Waals surface area contributed by atoms with E-state index in [0.29, 0.717) is 11.3 Å². The number of pyridine rings is 1. The third-order valence-electron chi connectivity index (χ3n) is 1.81. The Kier molecular flexibility index (Phi) is 1.98. The number of H-pyrrole nitrogens is 1. The first-order valence-corrected chi connectivity index (χ1v) is 4.04. The molecule has 3 N–H and O–H groups in total. The van der Waals surface area contributed by atoms with Crippen molar-refractivity contribution < 1.29 is 4.79 Å². The molecule has 0 amide bonds. The number of carbonyl (C=O) groups is 1. The lowest BCUT2D eigenvalue weighted by molar-refractivity contribution is 0.103. The molecule has 0 aliphatic heterocycles. The van der Waals surface area contributed by atoms with Gasteiger partial charge in [-0.1, -0.05) is 6.07 Å². The molecular formula is C9H8N4O. The van der Waals surface area contributed by atoms with E-state index in [1.54, 1.807) is 24.4 Å². The molecule has 5 nitrogen and oxygen atoms in total. The van der Waals surface area contributed by atoms with Crippen LogP contribution in [0.4, 0.5) is 5.82 Å². The molecule has 0 radical (unpaired) electrons. The Morgan fingerprint density at radius 2 is 2.29 bits per heavy atom. The Morgan fingerprint density at radius 3 is 2.86 bits per heavy atom. The van der Waals surface area contributed by atoms with Gasteiger partial charge < -0.3 is 5.73 Å². The molecule has 14 heavy (non-hydrogen) atoms. The molecule has 0 bridgehead atoms. The van der Waals surface area contributed by atoms with Crippen molar-refractivity contribution in [2.75, 3.05) is 5.73 Å². The predicted octanol–water partition coefficient (Wildman–Crippen LogP) is 0.618. The first-order chi connectivity index (χ1) is 6.79. The number of nitrogens with two attached hydrogens (primary N) is 1. The third-order valence-corrected chi connectivity index (χ3v) is 1.81. The molecule has 2 rings (SSSR count). The summed E-state index contributed by atoms with van der Waals surface area (Å²) in [7, 11) is 0. The van der Waals surface area contributed by atoms with Crippen LogP contribution in [0.15, 0.2) is 30.6 Å². The SMILES string of the molecule is Nc1n[nH]cc1C(=O)c1ccccn1. The number of hydrogen-bond donors (Lipinski definition) is 2. The van der Waals surface area contributed by atoms with E-state index in [0.717, 1.165) is 0 Å². The minimum atomic E-state index is -0.225. The fourth-order valence-electron chi connectivity index (χ4n) is 1.12. The van der Waals surface area contributed by atoms with Crippen molar-refractivity contribution in [2.24, 2.45) is 0 Å². The molecule has 0 saturated heterocycles. The zero-order valence-corrected chi connectivity index (χ0v) is 7.27. The highest BCUT2D eigenvalue weighted by molar-refractivity contribution is 6.10. The van der Waals surface area contributed by atoms with Gasteiger partial charge in [0.25, 0.3) is 0 Å². The van der Waals surface area contributed by atoms with Crippen molar-refractivity contribution in [2.45, 2.75) is 0 Å². The molecule has 0 spiro atoms. The van der Waals surface area contributed by atoms with Crippen molar-refractivity contribution in [3.8, 4) is 0 Å². The summed E-state index contributed by atoms with van der Waals surface area (Å²) in [6.07, 6.45) is 3.02. The molecule has 5 heteroatoms. The average Bonchev–Trinajstić information content (AvgIpc) is 2.65. The van der Waals surface area contributed by atoms with E-state index in [-0.39, 0.29) is 11.6 Å². The zero-order valence-electron chi connectivity index (χ0n) is 7.27. The van der Waals surface area contributed by atoms with Crippen LogP contribution >= 0.6 is 0 Å². The van der Waals surface area contributed by atoms with Crippen molar-refractivity contribution in [3.63, 3.8) is 0 Å². The fourth-order valence-corrected chi connectivity index (χ4v) is 1.12. The summed E-state index contributed by atoms with van der Waals surface area (Å²) in [6, 6.07) is 5.13. The maximum atomic E-state index is 11.7. The molecule has 0 aromatic carbocycles. The maximum absolute atomic E-state index is 11.7. The normalized spacial score (nSPS) is 10.0. The van der Waals surface area contributed by atoms with Gasteiger partial charge in [-0.05, 0) is 12.1 Å². The standard InChI is InChI=1S/C9H8N4O/c10-9-6(5-12-13-9)8(14)7-3-1-2-4-11-7/h1-5H,(H3,10,12,13). The second kappa shape index (κ2) is 3.29.